The molecule has 1 unspecified atom stereocenters. The Morgan fingerprint density at radius 3 is 2.29 bits per heavy atom. The molecule has 1 heterocycles. The van der Waals surface area contributed by atoms with Gasteiger partial charge < -0.3 is 10.5 Å². The molecule has 9 heteroatoms. The predicted molar refractivity (Wildman–Crippen MR) is 97.3 cm³/mol. The molecule has 0 spiro atoms. The monoisotopic (exact) mass is 383 g/mol. The fraction of sp³-hybridized carbons (Fsp3) is 0.133. The maximum absolute atomic E-state index is 6.41. The van der Waals surface area contributed by atoms with Crippen molar-refractivity contribution in [3.63, 3.8) is 0 Å². The van der Waals surface area contributed by atoms with E-state index in [9.17, 15) is 0 Å². The first-order chi connectivity index (χ1) is 11.4. The van der Waals surface area contributed by atoms with E-state index in [-0.39, 0.29) is 5.96 Å². The minimum absolute atomic E-state index is 0.196. The molecule has 0 aliphatic carbocycles. The van der Waals surface area contributed by atoms with Gasteiger partial charge in [0.15, 0.2) is 0 Å². The molecular weight excluding hydrogens is 369 g/mol. The zero-order chi connectivity index (χ0) is 17.3. The molecular formula is C15H15Cl2N5OS. The molecule has 6 N–H and O–H groups in total. The van der Waals surface area contributed by atoms with Gasteiger partial charge in [-0.25, -0.2) is 4.99 Å². The van der Waals surface area contributed by atoms with Gasteiger partial charge in [-0.1, -0.05) is 35.0 Å². The Bertz CT molecular complexity index is 776. The Balaban J connectivity index is 1.90. The van der Waals surface area contributed by atoms with E-state index >= 15 is 0 Å². The first-order valence-electron chi connectivity index (χ1n) is 6.90. The number of hydrogen-bond donors (Lipinski definition) is 4. The lowest BCUT2D eigenvalue weighted by molar-refractivity contribution is 0.375. The van der Waals surface area contributed by atoms with E-state index in [0.29, 0.717) is 15.6 Å². The van der Waals surface area contributed by atoms with Crippen molar-refractivity contribution in [2.45, 2.75) is 15.6 Å². The van der Waals surface area contributed by atoms with Crippen molar-refractivity contribution < 1.29 is 4.74 Å². The highest BCUT2D eigenvalue weighted by atomic mass is 35.5. The van der Waals surface area contributed by atoms with Gasteiger partial charge in [-0.3, -0.25) is 11.2 Å². The average molecular weight is 384 g/mol. The van der Waals surface area contributed by atoms with Crippen molar-refractivity contribution >= 4 is 40.9 Å². The SMILES string of the molecule is COc1ccc(Sc2c(Cl)cc(C3(N)N=C(N)NN3)cc2Cl)cc1. The quantitative estimate of drug-likeness (QED) is 0.647. The average Bonchev–Trinajstić information content (AvgIpc) is 2.92. The van der Waals surface area contributed by atoms with Gasteiger partial charge in [-0.05, 0) is 36.4 Å². The maximum atomic E-state index is 6.41. The number of nitrogens with two attached hydrogens (primary N) is 2. The van der Waals surface area contributed by atoms with E-state index < -0.39 is 5.79 Å². The molecule has 0 fully saturated rings. The summed E-state index contributed by atoms with van der Waals surface area (Å²) in [5.74, 6) is -0.227. The molecule has 3 rings (SSSR count). The summed E-state index contributed by atoms with van der Waals surface area (Å²) in [5, 5.41) is 0.955. The molecule has 0 saturated heterocycles. The molecule has 2 aromatic carbocycles. The summed E-state index contributed by atoms with van der Waals surface area (Å²) in [5.41, 5.74) is 17.8. The van der Waals surface area contributed by atoms with Gasteiger partial charge in [0, 0.05) is 15.4 Å². The van der Waals surface area contributed by atoms with Crippen molar-refractivity contribution in [3.8, 4) is 5.75 Å². The van der Waals surface area contributed by atoms with Crippen LogP contribution in [0.2, 0.25) is 10.0 Å². The topological polar surface area (TPSA) is 97.7 Å². The van der Waals surface area contributed by atoms with Gasteiger partial charge in [0.25, 0.3) is 0 Å². The van der Waals surface area contributed by atoms with E-state index in [0.717, 1.165) is 15.5 Å². The van der Waals surface area contributed by atoms with Crippen LogP contribution in [0.4, 0.5) is 0 Å². The summed E-state index contributed by atoms with van der Waals surface area (Å²) < 4.78 is 5.15. The molecule has 0 radical (unpaired) electrons. The second-order valence-electron chi connectivity index (χ2n) is 5.06. The zero-order valence-corrected chi connectivity index (χ0v) is 15.0. The lowest BCUT2D eigenvalue weighted by Gasteiger charge is -2.22. The number of hydrazine groups is 1. The van der Waals surface area contributed by atoms with Gasteiger partial charge in [0.05, 0.1) is 17.2 Å². The molecule has 126 valence electrons. The van der Waals surface area contributed by atoms with Crippen LogP contribution in [0.15, 0.2) is 51.2 Å². The fourth-order valence-electron chi connectivity index (χ4n) is 2.18. The lowest BCUT2D eigenvalue weighted by Crippen LogP contribution is -2.50. The molecule has 1 aliphatic rings. The first kappa shape index (κ1) is 17.2. The molecule has 1 atom stereocenters. The molecule has 0 saturated carbocycles. The number of benzene rings is 2. The summed E-state index contributed by atoms with van der Waals surface area (Å²) in [7, 11) is 1.62. The summed E-state index contributed by atoms with van der Waals surface area (Å²) in [4.78, 5) is 5.84. The number of halogens is 2. The maximum Gasteiger partial charge on any atom is 0.209 e. The van der Waals surface area contributed by atoms with Crippen LogP contribution < -0.4 is 27.1 Å². The van der Waals surface area contributed by atoms with Crippen LogP contribution in [0.5, 0.6) is 5.75 Å². The highest BCUT2D eigenvalue weighted by molar-refractivity contribution is 7.99. The van der Waals surface area contributed by atoms with Crippen molar-refractivity contribution in [3.05, 3.63) is 52.0 Å². The van der Waals surface area contributed by atoms with Crippen LogP contribution in [-0.4, -0.2) is 13.1 Å². The summed E-state index contributed by atoms with van der Waals surface area (Å²) in [6.45, 7) is 0. The number of guanidine groups is 1. The summed E-state index contributed by atoms with van der Waals surface area (Å²) in [6.07, 6.45) is 0. The van der Waals surface area contributed by atoms with Gasteiger partial charge in [0.2, 0.25) is 11.7 Å². The standard InChI is InChI=1S/C15H15Cl2N5OS/c1-23-9-2-4-10(5-3-9)24-13-11(16)6-8(7-12(13)17)15(19)20-14(18)21-22-15/h2-7,22H,19H2,1H3,(H3,18,20,21). The summed E-state index contributed by atoms with van der Waals surface area (Å²) in [6, 6.07) is 11.0. The number of methoxy groups -OCH3 is 1. The molecule has 2 aromatic rings. The third-order valence-electron chi connectivity index (χ3n) is 3.40. The second-order valence-corrected chi connectivity index (χ2v) is 6.96. The number of nitrogens with zero attached hydrogens (tertiary/aromatic N) is 1. The van der Waals surface area contributed by atoms with Gasteiger partial charge >= 0.3 is 0 Å². The van der Waals surface area contributed by atoms with Crippen molar-refractivity contribution in [2.24, 2.45) is 16.5 Å². The second kappa shape index (κ2) is 6.70. The van der Waals surface area contributed by atoms with Crippen molar-refractivity contribution in [1.82, 2.24) is 10.9 Å². The van der Waals surface area contributed by atoms with Crippen LogP contribution in [0.3, 0.4) is 0 Å². The van der Waals surface area contributed by atoms with Crippen molar-refractivity contribution in [2.75, 3.05) is 7.11 Å². The number of ether oxygens (including phenoxy) is 1. The largest absolute Gasteiger partial charge is 0.497 e. The predicted octanol–water partition coefficient (Wildman–Crippen LogP) is 2.64. The van der Waals surface area contributed by atoms with Crippen LogP contribution >= 0.6 is 35.0 Å². The molecule has 0 aromatic heterocycles. The van der Waals surface area contributed by atoms with Gasteiger partial charge in [0.1, 0.15) is 5.75 Å². The molecule has 0 bridgehead atoms. The van der Waals surface area contributed by atoms with E-state index in [4.69, 9.17) is 39.4 Å². The van der Waals surface area contributed by atoms with Crippen LogP contribution in [-0.2, 0) is 5.79 Å². The number of nitrogens with one attached hydrogen (secondary N) is 2. The van der Waals surface area contributed by atoms with Gasteiger partial charge in [-0.15, -0.1) is 0 Å². The third-order valence-corrected chi connectivity index (χ3v) is 5.37. The van der Waals surface area contributed by atoms with E-state index in [1.54, 1.807) is 19.2 Å². The first-order valence-corrected chi connectivity index (χ1v) is 8.47. The van der Waals surface area contributed by atoms with Crippen LogP contribution in [0.1, 0.15) is 5.56 Å². The highest BCUT2D eigenvalue weighted by Crippen LogP contribution is 2.41. The third kappa shape index (κ3) is 3.40. The molecule has 0 amide bonds. The Morgan fingerprint density at radius 2 is 1.79 bits per heavy atom. The van der Waals surface area contributed by atoms with Crippen LogP contribution in [0, 0.1) is 0 Å². The molecule has 24 heavy (non-hydrogen) atoms. The summed E-state index contributed by atoms with van der Waals surface area (Å²) >= 11 is 14.3. The van der Waals surface area contributed by atoms with Gasteiger partial charge in [-0.2, -0.15) is 5.43 Å². The molecule has 1 aliphatic heterocycles. The van der Waals surface area contributed by atoms with E-state index in [1.807, 2.05) is 24.3 Å². The lowest BCUT2D eigenvalue weighted by atomic mass is 10.1. The normalized spacial score (nSPS) is 19.8. The fourth-order valence-corrected chi connectivity index (χ4v) is 3.72. The van der Waals surface area contributed by atoms with Crippen LogP contribution in [0.25, 0.3) is 0 Å². The van der Waals surface area contributed by atoms with Crippen molar-refractivity contribution in [1.29, 1.82) is 0 Å². The minimum atomic E-state index is -1.21. The molecule has 6 nitrogen and oxygen atoms in total. The Morgan fingerprint density at radius 1 is 1.17 bits per heavy atom. The van der Waals surface area contributed by atoms with E-state index in [1.165, 1.54) is 11.8 Å². The zero-order valence-electron chi connectivity index (χ0n) is 12.6. The van der Waals surface area contributed by atoms with E-state index in [2.05, 4.69) is 15.8 Å². The minimum Gasteiger partial charge on any atom is -0.497 e. The Kier molecular flexibility index (Phi) is 4.80. The number of hydrogen-bond acceptors (Lipinski definition) is 7. The highest BCUT2D eigenvalue weighted by Gasteiger charge is 2.32. The number of rotatable bonds is 4. The number of aliphatic imine (C=N–C) groups is 1. The Hall–Kier alpha value is -1.64. The smallest absolute Gasteiger partial charge is 0.209 e. The Labute approximate surface area is 153 Å².